The smallest absolute Gasteiger partial charge is 0.254 e. The Bertz CT molecular complexity index is 603. The molecule has 1 N–H and O–H groups in total. The summed E-state index contributed by atoms with van der Waals surface area (Å²) >= 11 is 0. The van der Waals surface area contributed by atoms with Gasteiger partial charge in [0.2, 0.25) is 0 Å². The fourth-order valence-electron chi connectivity index (χ4n) is 2.06. The van der Waals surface area contributed by atoms with E-state index in [1.807, 2.05) is 26.8 Å². The van der Waals surface area contributed by atoms with Gasteiger partial charge in [-0.05, 0) is 38.5 Å². The van der Waals surface area contributed by atoms with Crippen molar-refractivity contribution in [2.45, 2.75) is 33.2 Å². The molecule has 0 atom stereocenters. The summed E-state index contributed by atoms with van der Waals surface area (Å²) in [6.07, 6.45) is 0.312. The van der Waals surface area contributed by atoms with E-state index in [-0.39, 0.29) is 18.6 Å². The maximum atomic E-state index is 12.7. The average molecular weight is 284 g/mol. The van der Waals surface area contributed by atoms with Crippen LogP contribution in [0.5, 0.6) is 0 Å². The Morgan fingerprint density at radius 2 is 2.14 bits per heavy atom. The van der Waals surface area contributed by atoms with Crippen molar-refractivity contribution < 1.29 is 9.90 Å². The Hall–Kier alpha value is -2.30. The highest BCUT2D eigenvalue weighted by molar-refractivity contribution is 5.96. The van der Waals surface area contributed by atoms with E-state index < -0.39 is 0 Å². The first-order valence-electron chi connectivity index (χ1n) is 6.90. The number of carbonyl (C=O) groups is 1. The third kappa shape index (κ3) is 4.34. The summed E-state index contributed by atoms with van der Waals surface area (Å²) in [6, 6.07) is 7.47. The lowest BCUT2D eigenvalue weighted by atomic mass is 10.0. The largest absolute Gasteiger partial charge is 0.384 e. The molecule has 1 amide bonds. The lowest BCUT2D eigenvalue weighted by molar-refractivity contribution is 0.0709. The number of nitrogens with zero attached hydrogens (tertiary/aromatic N) is 2. The van der Waals surface area contributed by atoms with Crippen molar-refractivity contribution in [2.24, 2.45) is 0 Å². The molecule has 0 unspecified atom stereocenters. The lowest BCUT2D eigenvalue weighted by Crippen LogP contribution is -2.38. The molecule has 0 fully saturated rings. The SMILES string of the molecule is Cc1c(C#CCO)cccc1C(=O)N(CCC#N)C(C)C. The zero-order valence-corrected chi connectivity index (χ0v) is 12.7. The van der Waals surface area contributed by atoms with Crippen molar-refractivity contribution in [3.8, 4) is 17.9 Å². The third-order valence-corrected chi connectivity index (χ3v) is 3.22. The topological polar surface area (TPSA) is 64.3 Å². The predicted molar refractivity (Wildman–Crippen MR) is 81.5 cm³/mol. The molecule has 1 rings (SSSR count). The molecule has 0 saturated heterocycles. The minimum Gasteiger partial charge on any atom is -0.384 e. The minimum absolute atomic E-state index is 0.0254. The molecule has 0 radical (unpaired) electrons. The quantitative estimate of drug-likeness (QED) is 0.861. The van der Waals surface area contributed by atoms with Gasteiger partial charge in [0.25, 0.3) is 5.91 Å². The Balaban J connectivity index is 3.14. The minimum atomic E-state index is -0.210. The number of nitriles is 1. The molecule has 4 nitrogen and oxygen atoms in total. The third-order valence-electron chi connectivity index (χ3n) is 3.22. The Kier molecular flexibility index (Phi) is 6.46. The number of aliphatic hydroxyl groups is 1. The van der Waals surface area contributed by atoms with Crippen LogP contribution in [0.1, 0.15) is 41.8 Å². The van der Waals surface area contributed by atoms with Gasteiger partial charge in [0, 0.05) is 23.7 Å². The number of amides is 1. The summed E-state index contributed by atoms with van der Waals surface area (Å²) in [5.74, 6) is 5.35. The van der Waals surface area contributed by atoms with Crippen molar-refractivity contribution in [2.75, 3.05) is 13.2 Å². The van der Waals surface area contributed by atoms with E-state index in [0.29, 0.717) is 18.5 Å². The van der Waals surface area contributed by atoms with E-state index in [1.54, 1.807) is 17.0 Å². The van der Waals surface area contributed by atoms with E-state index >= 15 is 0 Å². The van der Waals surface area contributed by atoms with Crippen molar-refractivity contribution >= 4 is 5.91 Å². The van der Waals surface area contributed by atoms with E-state index in [0.717, 1.165) is 11.1 Å². The van der Waals surface area contributed by atoms with Gasteiger partial charge in [-0.25, -0.2) is 0 Å². The molecule has 0 aliphatic rings. The Morgan fingerprint density at radius 3 is 2.71 bits per heavy atom. The number of hydrogen-bond donors (Lipinski definition) is 1. The first-order valence-corrected chi connectivity index (χ1v) is 6.90. The average Bonchev–Trinajstić information content (AvgIpc) is 2.46. The lowest BCUT2D eigenvalue weighted by Gasteiger charge is -2.26. The van der Waals surface area contributed by atoms with Crippen LogP contribution < -0.4 is 0 Å². The molecule has 4 heteroatoms. The molecule has 21 heavy (non-hydrogen) atoms. The van der Waals surface area contributed by atoms with Crippen LogP contribution >= 0.6 is 0 Å². The van der Waals surface area contributed by atoms with Crippen LogP contribution in [-0.2, 0) is 0 Å². The Labute approximate surface area is 126 Å². The van der Waals surface area contributed by atoms with Crippen LogP contribution in [0.2, 0.25) is 0 Å². The molecule has 0 bridgehead atoms. The molecule has 1 aromatic rings. The zero-order chi connectivity index (χ0) is 15.8. The number of aliphatic hydroxyl groups excluding tert-OH is 1. The highest BCUT2D eigenvalue weighted by atomic mass is 16.2. The molecule has 0 aliphatic carbocycles. The van der Waals surface area contributed by atoms with Crippen LogP contribution in [0, 0.1) is 30.1 Å². The van der Waals surface area contributed by atoms with Gasteiger partial charge in [0.1, 0.15) is 6.61 Å². The normalized spacial score (nSPS) is 9.71. The van der Waals surface area contributed by atoms with Gasteiger partial charge in [-0.1, -0.05) is 17.9 Å². The molecule has 1 aromatic carbocycles. The fourth-order valence-corrected chi connectivity index (χ4v) is 2.06. The molecule has 0 aromatic heterocycles. The van der Waals surface area contributed by atoms with Crippen LogP contribution in [-0.4, -0.2) is 35.1 Å². The number of benzene rings is 1. The number of rotatable bonds is 4. The molecule has 110 valence electrons. The fraction of sp³-hybridized carbons (Fsp3) is 0.412. The summed E-state index contributed by atoms with van der Waals surface area (Å²) in [4.78, 5) is 14.3. The molecule has 0 spiro atoms. The first-order chi connectivity index (χ1) is 10.0. The Morgan fingerprint density at radius 1 is 1.43 bits per heavy atom. The standard InChI is InChI=1S/C17H20N2O2/c1-13(2)19(11-6-10-18)17(21)16-9-4-7-15(14(16)3)8-5-12-20/h4,7,9,13,20H,6,11-12H2,1-3H3. The van der Waals surface area contributed by atoms with Crippen LogP contribution in [0.4, 0.5) is 0 Å². The van der Waals surface area contributed by atoms with Gasteiger partial charge in [-0.15, -0.1) is 0 Å². The summed E-state index contributed by atoms with van der Waals surface area (Å²) in [7, 11) is 0. The van der Waals surface area contributed by atoms with E-state index in [1.165, 1.54) is 0 Å². The second-order valence-corrected chi connectivity index (χ2v) is 4.94. The van der Waals surface area contributed by atoms with Crippen molar-refractivity contribution in [1.82, 2.24) is 4.90 Å². The maximum Gasteiger partial charge on any atom is 0.254 e. The first kappa shape index (κ1) is 16.8. The van der Waals surface area contributed by atoms with Gasteiger partial charge in [-0.2, -0.15) is 5.26 Å². The molecule has 0 aliphatic heterocycles. The van der Waals surface area contributed by atoms with Gasteiger partial charge >= 0.3 is 0 Å². The van der Waals surface area contributed by atoms with Crippen molar-refractivity contribution in [3.05, 3.63) is 34.9 Å². The highest BCUT2D eigenvalue weighted by Gasteiger charge is 2.20. The van der Waals surface area contributed by atoms with Crippen molar-refractivity contribution in [1.29, 1.82) is 5.26 Å². The summed E-state index contributed by atoms with van der Waals surface area (Å²) in [6.45, 7) is 5.91. The van der Waals surface area contributed by atoms with Gasteiger partial charge < -0.3 is 10.0 Å². The summed E-state index contributed by atoms with van der Waals surface area (Å²) < 4.78 is 0. The second-order valence-electron chi connectivity index (χ2n) is 4.94. The van der Waals surface area contributed by atoms with E-state index in [9.17, 15) is 4.79 Å². The number of carbonyl (C=O) groups excluding carboxylic acids is 1. The monoisotopic (exact) mass is 284 g/mol. The van der Waals surface area contributed by atoms with E-state index in [2.05, 4.69) is 17.9 Å². The zero-order valence-electron chi connectivity index (χ0n) is 12.7. The molecular formula is C17H20N2O2. The predicted octanol–water partition coefficient (Wildman–Crippen LogP) is 2.10. The second kappa shape index (κ2) is 8.09. The maximum absolute atomic E-state index is 12.7. The summed E-state index contributed by atoms with van der Waals surface area (Å²) in [5, 5.41) is 17.5. The van der Waals surface area contributed by atoms with Gasteiger partial charge in [0.05, 0.1) is 12.5 Å². The van der Waals surface area contributed by atoms with Crippen LogP contribution in [0.3, 0.4) is 0 Å². The van der Waals surface area contributed by atoms with Crippen molar-refractivity contribution in [3.63, 3.8) is 0 Å². The van der Waals surface area contributed by atoms with Gasteiger partial charge in [-0.3, -0.25) is 4.79 Å². The van der Waals surface area contributed by atoms with Gasteiger partial charge in [0.15, 0.2) is 0 Å². The van der Waals surface area contributed by atoms with Crippen LogP contribution in [0.25, 0.3) is 0 Å². The molecule has 0 saturated carbocycles. The number of hydrogen-bond acceptors (Lipinski definition) is 3. The summed E-state index contributed by atoms with van der Waals surface area (Å²) in [5.41, 5.74) is 2.12. The molecule has 0 heterocycles. The van der Waals surface area contributed by atoms with E-state index in [4.69, 9.17) is 10.4 Å². The molecular weight excluding hydrogens is 264 g/mol. The highest BCUT2D eigenvalue weighted by Crippen LogP contribution is 2.17. The van der Waals surface area contributed by atoms with Crippen LogP contribution in [0.15, 0.2) is 18.2 Å².